The van der Waals surface area contributed by atoms with Gasteiger partial charge in [0.25, 0.3) is 5.91 Å². The zero-order valence-electron chi connectivity index (χ0n) is 11.7. The van der Waals surface area contributed by atoms with E-state index in [2.05, 4.69) is 16.7 Å². The Morgan fingerprint density at radius 3 is 3.05 bits per heavy atom. The van der Waals surface area contributed by atoms with Crippen LogP contribution < -0.4 is 15.4 Å². The lowest BCUT2D eigenvalue weighted by Gasteiger charge is -2.13. The summed E-state index contributed by atoms with van der Waals surface area (Å²) in [4.78, 5) is 11.5. The van der Waals surface area contributed by atoms with Gasteiger partial charge in [-0.3, -0.25) is 4.79 Å². The van der Waals surface area contributed by atoms with Crippen LogP contribution >= 0.6 is 0 Å². The van der Waals surface area contributed by atoms with Crippen LogP contribution in [-0.2, 0) is 11.2 Å². The van der Waals surface area contributed by atoms with E-state index >= 15 is 0 Å². The summed E-state index contributed by atoms with van der Waals surface area (Å²) in [7, 11) is 1.98. The molecule has 2 N–H and O–H groups in total. The fraction of sp³-hybridized carbons (Fsp3) is 0.533. The zero-order chi connectivity index (χ0) is 13.7. The third-order valence-electron chi connectivity index (χ3n) is 3.51. The maximum atomic E-state index is 11.5. The van der Waals surface area contributed by atoms with Crippen molar-refractivity contribution in [1.29, 1.82) is 0 Å². The van der Waals surface area contributed by atoms with Gasteiger partial charge in [-0.25, -0.2) is 0 Å². The van der Waals surface area contributed by atoms with Crippen molar-refractivity contribution in [1.82, 2.24) is 10.6 Å². The Kier molecular flexibility index (Phi) is 4.80. The monoisotopic (exact) mass is 262 g/mol. The van der Waals surface area contributed by atoms with Gasteiger partial charge in [0.1, 0.15) is 5.75 Å². The van der Waals surface area contributed by atoms with Crippen LogP contribution in [-0.4, -0.2) is 26.1 Å². The summed E-state index contributed by atoms with van der Waals surface area (Å²) in [5.74, 6) is 0.796. The fourth-order valence-corrected chi connectivity index (χ4v) is 2.51. The van der Waals surface area contributed by atoms with E-state index in [1.165, 1.54) is 11.1 Å². The van der Waals surface area contributed by atoms with E-state index < -0.39 is 0 Å². The summed E-state index contributed by atoms with van der Waals surface area (Å²) in [5, 5.41) is 6.12. The average Bonchev–Trinajstić information content (AvgIpc) is 2.86. The SMILES string of the molecule is CCCNC(=O)COc1cccc2c1CCC2NC. The predicted molar refractivity (Wildman–Crippen MR) is 75.4 cm³/mol. The Morgan fingerprint density at radius 1 is 1.47 bits per heavy atom. The first-order valence-corrected chi connectivity index (χ1v) is 6.94. The molecule has 0 saturated carbocycles. The van der Waals surface area contributed by atoms with Crippen LogP contribution in [0.2, 0.25) is 0 Å². The number of fused-ring (bicyclic) bond motifs is 1. The van der Waals surface area contributed by atoms with E-state index in [9.17, 15) is 4.79 Å². The molecule has 1 aliphatic rings. The average molecular weight is 262 g/mol. The summed E-state index contributed by atoms with van der Waals surface area (Å²) < 4.78 is 5.66. The highest BCUT2D eigenvalue weighted by Crippen LogP contribution is 2.36. The lowest BCUT2D eigenvalue weighted by Crippen LogP contribution is -2.29. The summed E-state index contributed by atoms with van der Waals surface area (Å²) in [6, 6.07) is 6.48. The molecule has 0 spiro atoms. The van der Waals surface area contributed by atoms with Crippen molar-refractivity contribution in [3.05, 3.63) is 29.3 Å². The summed E-state index contributed by atoms with van der Waals surface area (Å²) in [5.41, 5.74) is 2.54. The minimum Gasteiger partial charge on any atom is -0.483 e. The van der Waals surface area contributed by atoms with Gasteiger partial charge in [-0.1, -0.05) is 19.1 Å². The maximum absolute atomic E-state index is 11.5. The third kappa shape index (κ3) is 3.26. The molecule has 104 valence electrons. The quantitative estimate of drug-likeness (QED) is 0.822. The van der Waals surface area contributed by atoms with E-state index in [0.717, 1.165) is 25.0 Å². The van der Waals surface area contributed by atoms with Gasteiger partial charge < -0.3 is 15.4 Å². The lowest BCUT2D eigenvalue weighted by atomic mass is 10.1. The molecule has 2 rings (SSSR count). The minimum absolute atomic E-state index is 0.0531. The molecule has 1 amide bonds. The molecule has 0 fully saturated rings. The molecule has 4 nitrogen and oxygen atoms in total. The Morgan fingerprint density at radius 2 is 2.32 bits per heavy atom. The molecule has 0 saturated heterocycles. The number of ether oxygens (including phenoxy) is 1. The highest BCUT2D eigenvalue weighted by atomic mass is 16.5. The highest BCUT2D eigenvalue weighted by molar-refractivity contribution is 5.77. The van der Waals surface area contributed by atoms with Gasteiger partial charge in [0.05, 0.1) is 0 Å². The number of amides is 1. The molecular formula is C15H22N2O2. The van der Waals surface area contributed by atoms with Crippen LogP contribution in [0.3, 0.4) is 0 Å². The first kappa shape index (κ1) is 13.9. The minimum atomic E-state index is -0.0531. The van der Waals surface area contributed by atoms with Gasteiger partial charge in [-0.2, -0.15) is 0 Å². The Balaban J connectivity index is 1.99. The number of hydrogen-bond donors (Lipinski definition) is 2. The summed E-state index contributed by atoms with van der Waals surface area (Å²) in [6.07, 6.45) is 3.04. The van der Waals surface area contributed by atoms with Crippen LogP contribution in [0.1, 0.15) is 36.9 Å². The van der Waals surface area contributed by atoms with Crippen molar-refractivity contribution in [2.45, 2.75) is 32.2 Å². The first-order chi connectivity index (χ1) is 9.26. The number of carbonyl (C=O) groups excluding carboxylic acids is 1. The van der Waals surface area contributed by atoms with Gasteiger partial charge in [-0.15, -0.1) is 0 Å². The van der Waals surface area contributed by atoms with Crippen molar-refractivity contribution in [2.75, 3.05) is 20.2 Å². The molecule has 1 aliphatic carbocycles. The standard InChI is InChI=1S/C15H22N2O2/c1-3-9-17-15(18)10-19-14-6-4-5-11-12(14)7-8-13(11)16-2/h4-6,13,16H,3,7-10H2,1-2H3,(H,17,18). The maximum Gasteiger partial charge on any atom is 0.257 e. The molecule has 19 heavy (non-hydrogen) atoms. The molecule has 1 atom stereocenters. The van der Waals surface area contributed by atoms with Gasteiger partial charge >= 0.3 is 0 Å². The molecule has 0 heterocycles. The molecule has 0 bridgehead atoms. The van der Waals surface area contributed by atoms with Crippen molar-refractivity contribution in [2.24, 2.45) is 0 Å². The first-order valence-electron chi connectivity index (χ1n) is 6.94. The lowest BCUT2D eigenvalue weighted by molar-refractivity contribution is -0.123. The molecule has 0 radical (unpaired) electrons. The predicted octanol–water partition coefficient (Wildman–Crippen LogP) is 1.80. The number of benzene rings is 1. The van der Waals surface area contributed by atoms with Crippen molar-refractivity contribution in [3.8, 4) is 5.75 Å². The van der Waals surface area contributed by atoms with Crippen molar-refractivity contribution in [3.63, 3.8) is 0 Å². The summed E-state index contributed by atoms with van der Waals surface area (Å²) in [6.45, 7) is 2.83. The largest absolute Gasteiger partial charge is 0.483 e. The van der Waals surface area contributed by atoms with Crippen molar-refractivity contribution >= 4 is 5.91 Å². The van der Waals surface area contributed by atoms with Gasteiger partial charge in [0, 0.05) is 12.6 Å². The van der Waals surface area contributed by atoms with Gasteiger partial charge in [0.15, 0.2) is 6.61 Å². The topological polar surface area (TPSA) is 50.4 Å². The summed E-state index contributed by atoms with van der Waals surface area (Å²) >= 11 is 0. The van der Waals surface area contributed by atoms with Gasteiger partial charge in [-0.05, 0) is 43.5 Å². The Labute approximate surface area is 114 Å². The van der Waals surface area contributed by atoms with E-state index in [0.29, 0.717) is 12.6 Å². The molecule has 1 aromatic rings. The van der Waals surface area contributed by atoms with Crippen LogP contribution in [0.5, 0.6) is 5.75 Å². The highest BCUT2D eigenvalue weighted by Gasteiger charge is 2.23. The molecule has 0 aliphatic heterocycles. The van der Waals surface area contributed by atoms with E-state index in [4.69, 9.17) is 4.74 Å². The number of hydrogen-bond acceptors (Lipinski definition) is 3. The van der Waals surface area contributed by atoms with E-state index in [1.54, 1.807) is 0 Å². The molecule has 0 aromatic heterocycles. The molecule has 1 aromatic carbocycles. The molecule has 4 heteroatoms. The Hall–Kier alpha value is -1.55. The molecule has 1 unspecified atom stereocenters. The smallest absolute Gasteiger partial charge is 0.257 e. The number of carbonyl (C=O) groups is 1. The van der Waals surface area contributed by atoms with E-state index in [-0.39, 0.29) is 12.5 Å². The van der Waals surface area contributed by atoms with E-state index in [1.807, 2.05) is 26.1 Å². The van der Waals surface area contributed by atoms with Crippen LogP contribution in [0.4, 0.5) is 0 Å². The second-order valence-corrected chi connectivity index (χ2v) is 4.84. The van der Waals surface area contributed by atoms with Crippen LogP contribution in [0.15, 0.2) is 18.2 Å². The number of rotatable bonds is 6. The van der Waals surface area contributed by atoms with Crippen LogP contribution in [0.25, 0.3) is 0 Å². The van der Waals surface area contributed by atoms with Gasteiger partial charge in [0.2, 0.25) is 0 Å². The fourth-order valence-electron chi connectivity index (χ4n) is 2.51. The van der Waals surface area contributed by atoms with Crippen LogP contribution in [0, 0.1) is 0 Å². The second-order valence-electron chi connectivity index (χ2n) is 4.84. The second kappa shape index (κ2) is 6.57. The third-order valence-corrected chi connectivity index (χ3v) is 3.51. The normalized spacial score (nSPS) is 17.1. The van der Waals surface area contributed by atoms with Crippen molar-refractivity contribution < 1.29 is 9.53 Å². The molecular weight excluding hydrogens is 240 g/mol. The zero-order valence-corrected chi connectivity index (χ0v) is 11.7. The Bertz CT molecular complexity index is 446. The number of nitrogens with one attached hydrogen (secondary N) is 2.